The predicted octanol–water partition coefficient (Wildman–Crippen LogP) is 7.75. The fraction of sp³-hybridized carbons (Fsp3) is 0.333. The van der Waals surface area contributed by atoms with Crippen LogP contribution >= 0.6 is 0 Å². The molecule has 0 amide bonds. The Hall–Kier alpha value is -2.84. The quantitative estimate of drug-likeness (QED) is 0.0657. The molecule has 0 aliphatic carbocycles. The van der Waals surface area contributed by atoms with Gasteiger partial charge in [0.15, 0.2) is 0 Å². The van der Waals surface area contributed by atoms with Crippen LogP contribution in [0.25, 0.3) is 0 Å². The molecule has 0 bridgehead atoms. The standard InChI is InChI=1S/2C18H22O5S.Ca/c2*1-2-3-4-6-9-14-12-16(19)18(24(20,21)22)13-17(14)23-15-10-7-5-8-11-15;/h2*5,7-8,10-13,19H,2-4,6,9H2,1H3,(H,20,21,22);/q;;+2/p-2. The van der Waals surface area contributed by atoms with Crippen molar-refractivity contribution in [2.24, 2.45) is 0 Å². The molecule has 0 saturated heterocycles. The monoisotopic (exact) mass is 738 g/mol. The molecule has 0 fully saturated rings. The largest absolute Gasteiger partial charge is 2.00 e. The van der Waals surface area contributed by atoms with E-state index in [1.807, 2.05) is 12.1 Å². The van der Waals surface area contributed by atoms with Crippen molar-refractivity contribution in [3.05, 3.63) is 96.1 Å². The Kier molecular flexibility index (Phi) is 17.9. The van der Waals surface area contributed by atoms with E-state index in [1.165, 1.54) is 18.2 Å². The summed E-state index contributed by atoms with van der Waals surface area (Å²) >= 11 is 0. The average Bonchev–Trinajstić information content (AvgIpc) is 3.03. The fourth-order valence-corrected chi connectivity index (χ4v) is 6.01. The number of phenols is 1. The van der Waals surface area contributed by atoms with E-state index in [0.29, 0.717) is 41.2 Å². The molecule has 4 aromatic rings. The van der Waals surface area contributed by atoms with E-state index in [-0.39, 0.29) is 43.5 Å². The molecule has 4 aromatic carbocycles. The number of para-hydroxylation sites is 2. The molecule has 0 aliphatic heterocycles. The summed E-state index contributed by atoms with van der Waals surface area (Å²) in [5.74, 6) is 0.383. The maximum absolute atomic E-state index is 11.9. The first-order chi connectivity index (χ1) is 22.8. The summed E-state index contributed by atoms with van der Waals surface area (Å²) in [6.45, 7) is 4.23. The number of benzene rings is 4. The maximum Gasteiger partial charge on any atom is 2.00 e. The van der Waals surface area contributed by atoms with E-state index in [0.717, 1.165) is 57.4 Å². The van der Waals surface area contributed by atoms with Crippen molar-refractivity contribution in [1.29, 1.82) is 0 Å². The first kappa shape index (κ1) is 42.3. The van der Waals surface area contributed by atoms with Crippen molar-refractivity contribution in [3.63, 3.8) is 0 Å². The molecule has 4 rings (SSSR count). The fourth-order valence-electron chi connectivity index (χ4n) is 4.87. The Morgan fingerprint density at radius 2 is 1.06 bits per heavy atom. The van der Waals surface area contributed by atoms with Crippen LogP contribution in [0.1, 0.15) is 76.3 Å². The van der Waals surface area contributed by atoms with Gasteiger partial charge in [-0.25, -0.2) is 8.42 Å². The first-order valence-corrected chi connectivity index (χ1v) is 18.8. The number of hydrogen-bond acceptors (Lipinski definition) is 9. The smallest absolute Gasteiger partial charge is 0.872 e. The van der Waals surface area contributed by atoms with Crippen molar-refractivity contribution in [3.8, 4) is 34.5 Å². The average molecular weight is 739 g/mol. The van der Waals surface area contributed by atoms with Crippen LogP contribution < -0.4 is 14.6 Å². The van der Waals surface area contributed by atoms with Crippen LogP contribution in [0.15, 0.2) is 94.7 Å². The second-order valence-electron chi connectivity index (χ2n) is 11.2. The molecule has 0 heterocycles. The first-order valence-electron chi connectivity index (χ1n) is 15.9. The Morgan fingerprint density at radius 1 is 0.633 bits per heavy atom. The normalized spacial score (nSPS) is 11.2. The number of unbranched alkanes of at least 4 members (excludes halogenated alkanes) is 6. The van der Waals surface area contributed by atoms with Crippen LogP contribution in [0.5, 0.6) is 34.5 Å². The van der Waals surface area contributed by atoms with Crippen LogP contribution in [0.2, 0.25) is 0 Å². The third-order valence-corrected chi connectivity index (χ3v) is 9.10. The van der Waals surface area contributed by atoms with E-state index in [2.05, 4.69) is 13.8 Å². The Bertz CT molecular complexity index is 1680. The van der Waals surface area contributed by atoms with Gasteiger partial charge >= 0.3 is 37.7 Å². The number of rotatable bonds is 16. The van der Waals surface area contributed by atoms with Gasteiger partial charge in [-0.2, -0.15) is 8.42 Å². The summed E-state index contributed by atoms with van der Waals surface area (Å²) in [6, 6.07) is 22.6. The zero-order chi connectivity index (χ0) is 35.2. The summed E-state index contributed by atoms with van der Waals surface area (Å²) in [7, 11) is -9.36. The molecular formula is C36H42CaO10S2. The van der Waals surface area contributed by atoms with Crippen molar-refractivity contribution < 1.29 is 45.6 Å². The molecule has 2 N–H and O–H groups in total. The topological polar surface area (TPSA) is 173 Å². The molecule has 0 aliphatic rings. The Morgan fingerprint density at radius 3 is 1.47 bits per heavy atom. The van der Waals surface area contributed by atoms with Crippen molar-refractivity contribution >= 4 is 58.0 Å². The van der Waals surface area contributed by atoms with Gasteiger partial charge in [0.05, 0.1) is 4.90 Å². The van der Waals surface area contributed by atoms with Crippen molar-refractivity contribution in [2.45, 2.75) is 87.8 Å². The zero-order valence-corrected chi connectivity index (χ0v) is 31.7. The summed E-state index contributed by atoms with van der Waals surface area (Å²) in [5, 5.41) is 21.9. The van der Waals surface area contributed by atoms with Crippen LogP contribution in [0.4, 0.5) is 0 Å². The molecule has 0 radical (unpaired) electrons. The minimum absolute atomic E-state index is 0. The van der Waals surface area contributed by atoms with Crippen LogP contribution in [0, 0.1) is 0 Å². The number of aryl methyl sites for hydroxylation is 2. The molecule has 0 atom stereocenters. The van der Waals surface area contributed by atoms with E-state index < -0.39 is 41.5 Å². The SMILES string of the molecule is CCCCCCc1cc(O)c(S(=O)(=O)O)cc1Oc1ccccc1.CCCCCCc1cc([O-])c(S(=O)(=O)[O-])cc1Oc1ccccc1.[Ca+2]. The summed E-state index contributed by atoms with van der Waals surface area (Å²) in [4.78, 5) is -1.32. The molecule has 49 heavy (non-hydrogen) atoms. The summed E-state index contributed by atoms with van der Waals surface area (Å²) in [5.41, 5.74) is 1.33. The number of hydrogen-bond donors (Lipinski definition) is 2. The van der Waals surface area contributed by atoms with Crippen molar-refractivity contribution in [2.75, 3.05) is 0 Å². The third-order valence-electron chi connectivity index (χ3n) is 7.36. The molecule has 260 valence electrons. The minimum atomic E-state index is -4.84. The summed E-state index contributed by atoms with van der Waals surface area (Å²) < 4.78 is 77.3. The van der Waals surface area contributed by atoms with E-state index >= 15 is 0 Å². The second-order valence-corrected chi connectivity index (χ2v) is 14.0. The van der Waals surface area contributed by atoms with E-state index in [9.17, 15) is 36.2 Å². The van der Waals surface area contributed by atoms with E-state index in [4.69, 9.17) is 9.47 Å². The second kappa shape index (κ2) is 20.7. The number of aromatic hydroxyl groups is 1. The van der Waals surface area contributed by atoms with Crippen LogP contribution in [-0.4, -0.2) is 68.8 Å². The summed E-state index contributed by atoms with van der Waals surface area (Å²) in [6.07, 6.45) is 9.48. The molecule has 0 aromatic heterocycles. The van der Waals surface area contributed by atoms with Crippen LogP contribution in [0.3, 0.4) is 0 Å². The molecular weight excluding hydrogens is 697 g/mol. The van der Waals surface area contributed by atoms with Crippen molar-refractivity contribution in [1.82, 2.24) is 0 Å². The predicted molar refractivity (Wildman–Crippen MR) is 186 cm³/mol. The zero-order valence-electron chi connectivity index (χ0n) is 27.8. The van der Waals surface area contributed by atoms with E-state index in [1.54, 1.807) is 48.5 Å². The Labute approximate surface area is 319 Å². The van der Waals surface area contributed by atoms with Gasteiger partial charge in [0, 0.05) is 6.07 Å². The van der Waals surface area contributed by atoms with Gasteiger partial charge in [-0.1, -0.05) is 101 Å². The number of phenolic OH excluding ortho intramolecular Hbond substituents is 1. The molecule has 13 heteroatoms. The van der Waals surface area contributed by atoms with Gasteiger partial charge in [-0.3, -0.25) is 4.55 Å². The minimum Gasteiger partial charge on any atom is -0.872 e. The maximum atomic E-state index is 11.9. The van der Waals surface area contributed by atoms with Gasteiger partial charge in [-0.05, 0) is 73.2 Å². The van der Waals surface area contributed by atoms with Crippen LogP contribution in [-0.2, 0) is 33.1 Å². The molecule has 10 nitrogen and oxygen atoms in total. The third kappa shape index (κ3) is 14.1. The number of ether oxygens (including phenoxy) is 2. The van der Waals surface area contributed by atoms with Gasteiger partial charge in [-0.15, -0.1) is 0 Å². The van der Waals surface area contributed by atoms with Gasteiger partial charge in [0.2, 0.25) is 0 Å². The van der Waals surface area contributed by atoms with Gasteiger partial charge < -0.3 is 24.2 Å². The molecule has 0 unspecified atom stereocenters. The Balaban J connectivity index is 0.000000333. The molecule has 0 spiro atoms. The van der Waals surface area contributed by atoms with Gasteiger partial charge in [0.1, 0.15) is 43.8 Å². The molecule has 0 saturated carbocycles. The van der Waals surface area contributed by atoms with Gasteiger partial charge in [0.25, 0.3) is 10.1 Å².